The van der Waals surface area contributed by atoms with Crippen LogP contribution in [-0.2, 0) is 16.0 Å². The summed E-state index contributed by atoms with van der Waals surface area (Å²) >= 11 is 0. The van der Waals surface area contributed by atoms with Crippen LogP contribution in [0.5, 0.6) is 0 Å². The summed E-state index contributed by atoms with van der Waals surface area (Å²) in [5.74, 6) is -0.791. The Morgan fingerprint density at radius 1 is 1.26 bits per heavy atom. The quantitative estimate of drug-likeness (QED) is 0.772. The van der Waals surface area contributed by atoms with Gasteiger partial charge in [0.25, 0.3) is 11.8 Å². The Balaban J connectivity index is 2.18. The molecule has 0 aliphatic carbocycles. The molecule has 2 amide bonds. The summed E-state index contributed by atoms with van der Waals surface area (Å²) in [5.41, 5.74) is 2.15. The van der Waals surface area contributed by atoms with E-state index in [1.807, 2.05) is 31.2 Å². The third kappa shape index (κ3) is 2.66. The van der Waals surface area contributed by atoms with Gasteiger partial charge in [0.2, 0.25) is 0 Å². The molecule has 0 atom stereocenters. The van der Waals surface area contributed by atoms with E-state index in [1.54, 1.807) is 0 Å². The van der Waals surface area contributed by atoms with Crippen LogP contribution in [0.1, 0.15) is 12.5 Å². The van der Waals surface area contributed by atoms with Crippen molar-refractivity contribution >= 4 is 17.5 Å². The van der Waals surface area contributed by atoms with Crippen molar-refractivity contribution in [3.63, 3.8) is 0 Å². The van der Waals surface area contributed by atoms with Gasteiger partial charge in [0.05, 0.1) is 13.2 Å². The SMILES string of the molecule is CCc1ccccc1NC1=CC(=O)N(CCO)C1=O. The standard InChI is InChI=1S/C14H16N2O3/c1-2-10-5-3-4-6-11(10)15-12-9-13(18)16(7-8-17)14(12)19/h3-6,9,15,17H,2,7-8H2,1H3. The van der Waals surface area contributed by atoms with E-state index in [4.69, 9.17) is 5.11 Å². The summed E-state index contributed by atoms with van der Waals surface area (Å²) < 4.78 is 0. The molecule has 0 saturated heterocycles. The number of aryl methyl sites for hydroxylation is 1. The first-order valence-corrected chi connectivity index (χ1v) is 6.20. The van der Waals surface area contributed by atoms with E-state index >= 15 is 0 Å². The molecule has 0 fully saturated rings. The molecular formula is C14H16N2O3. The normalized spacial score (nSPS) is 14.8. The van der Waals surface area contributed by atoms with Gasteiger partial charge >= 0.3 is 0 Å². The van der Waals surface area contributed by atoms with Gasteiger partial charge in [-0.2, -0.15) is 0 Å². The minimum atomic E-state index is -0.398. The minimum Gasteiger partial charge on any atom is -0.395 e. The largest absolute Gasteiger partial charge is 0.395 e. The first kappa shape index (κ1) is 13.3. The number of anilines is 1. The van der Waals surface area contributed by atoms with E-state index < -0.39 is 11.8 Å². The van der Waals surface area contributed by atoms with Crippen LogP contribution in [0.3, 0.4) is 0 Å². The Morgan fingerprint density at radius 3 is 2.68 bits per heavy atom. The number of nitrogens with zero attached hydrogens (tertiary/aromatic N) is 1. The number of rotatable bonds is 5. The molecule has 2 rings (SSSR count). The summed E-state index contributed by atoms with van der Waals surface area (Å²) in [6.07, 6.45) is 2.10. The molecule has 1 aliphatic heterocycles. The van der Waals surface area contributed by atoms with E-state index in [-0.39, 0.29) is 18.8 Å². The zero-order chi connectivity index (χ0) is 13.8. The number of hydrogen-bond donors (Lipinski definition) is 2. The van der Waals surface area contributed by atoms with Crippen molar-refractivity contribution in [2.75, 3.05) is 18.5 Å². The summed E-state index contributed by atoms with van der Waals surface area (Å²) in [6, 6.07) is 7.63. The highest BCUT2D eigenvalue weighted by atomic mass is 16.3. The number of para-hydroxylation sites is 1. The van der Waals surface area contributed by atoms with Gasteiger partial charge in [0.15, 0.2) is 0 Å². The number of aliphatic hydroxyl groups is 1. The molecule has 0 saturated carbocycles. The Hall–Kier alpha value is -2.14. The topological polar surface area (TPSA) is 69.6 Å². The first-order chi connectivity index (χ1) is 9.17. The van der Waals surface area contributed by atoms with E-state index in [1.165, 1.54) is 6.08 Å². The molecule has 5 heteroatoms. The molecule has 1 aliphatic rings. The molecule has 1 heterocycles. The molecule has 0 spiro atoms. The molecular weight excluding hydrogens is 244 g/mol. The van der Waals surface area contributed by atoms with Crippen LogP contribution in [-0.4, -0.2) is 35.0 Å². The van der Waals surface area contributed by atoms with E-state index in [0.29, 0.717) is 0 Å². The lowest BCUT2D eigenvalue weighted by Gasteiger charge is -2.14. The van der Waals surface area contributed by atoms with Gasteiger partial charge in [-0.3, -0.25) is 14.5 Å². The van der Waals surface area contributed by atoms with E-state index in [0.717, 1.165) is 22.6 Å². The fourth-order valence-electron chi connectivity index (χ4n) is 2.01. The molecule has 1 aromatic rings. The van der Waals surface area contributed by atoms with Crippen molar-refractivity contribution in [1.82, 2.24) is 4.90 Å². The van der Waals surface area contributed by atoms with Crippen molar-refractivity contribution in [2.24, 2.45) is 0 Å². The monoisotopic (exact) mass is 260 g/mol. The number of imide groups is 1. The number of amides is 2. The predicted octanol–water partition coefficient (Wildman–Crippen LogP) is 0.906. The highest BCUT2D eigenvalue weighted by molar-refractivity contribution is 6.17. The van der Waals surface area contributed by atoms with Crippen molar-refractivity contribution < 1.29 is 14.7 Å². The summed E-state index contributed by atoms with van der Waals surface area (Å²) in [7, 11) is 0. The lowest BCUT2D eigenvalue weighted by Crippen LogP contribution is -2.34. The van der Waals surface area contributed by atoms with Crippen LogP contribution in [0.4, 0.5) is 5.69 Å². The van der Waals surface area contributed by atoms with Gasteiger partial charge in [-0.15, -0.1) is 0 Å². The van der Waals surface area contributed by atoms with Crippen molar-refractivity contribution in [3.8, 4) is 0 Å². The smallest absolute Gasteiger partial charge is 0.277 e. The second-order valence-corrected chi connectivity index (χ2v) is 4.21. The van der Waals surface area contributed by atoms with E-state index in [9.17, 15) is 9.59 Å². The zero-order valence-corrected chi connectivity index (χ0v) is 10.7. The maximum atomic E-state index is 12.0. The first-order valence-electron chi connectivity index (χ1n) is 6.20. The third-order valence-electron chi connectivity index (χ3n) is 3.00. The Morgan fingerprint density at radius 2 is 2.00 bits per heavy atom. The van der Waals surface area contributed by atoms with Crippen LogP contribution in [0.2, 0.25) is 0 Å². The average Bonchev–Trinajstić information content (AvgIpc) is 2.67. The highest BCUT2D eigenvalue weighted by Gasteiger charge is 2.30. The average molecular weight is 260 g/mol. The molecule has 0 aromatic heterocycles. The fourth-order valence-corrected chi connectivity index (χ4v) is 2.01. The minimum absolute atomic E-state index is 0.0226. The molecule has 2 N–H and O–H groups in total. The van der Waals surface area contributed by atoms with E-state index in [2.05, 4.69) is 5.32 Å². The number of nitrogens with one attached hydrogen (secondary N) is 1. The van der Waals surface area contributed by atoms with Crippen LogP contribution < -0.4 is 5.32 Å². The van der Waals surface area contributed by atoms with Crippen LogP contribution in [0, 0.1) is 0 Å². The zero-order valence-electron chi connectivity index (χ0n) is 10.7. The number of carbonyl (C=O) groups excluding carboxylic acids is 2. The molecule has 0 unspecified atom stereocenters. The molecule has 5 nitrogen and oxygen atoms in total. The van der Waals surface area contributed by atoms with Crippen molar-refractivity contribution in [1.29, 1.82) is 0 Å². The maximum absolute atomic E-state index is 12.0. The molecule has 0 bridgehead atoms. The second-order valence-electron chi connectivity index (χ2n) is 4.21. The third-order valence-corrected chi connectivity index (χ3v) is 3.00. The number of hydrogen-bond acceptors (Lipinski definition) is 4. The lowest BCUT2D eigenvalue weighted by atomic mass is 10.1. The van der Waals surface area contributed by atoms with Gasteiger partial charge in [0, 0.05) is 11.8 Å². The number of carbonyl (C=O) groups is 2. The second kappa shape index (κ2) is 5.67. The summed E-state index contributed by atoms with van der Waals surface area (Å²) in [6.45, 7) is 1.81. The van der Waals surface area contributed by atoms with Crippen molar-refractivity contribution in [3.05, 3.63) is 41.6 Å². The summed E-state index contributed by atoms with van der Waals surface area (Å²) in [4.78, 5) is 24.6. The molecule has 100 valence electrons. The predicted molar refractivity (Wildman–Crippen MR) is 71.3 cm³/mol. The fraction of sp³-hybridized carbons (Fsp3) is 0.286. The van der Waals surface area contributed by atoms with Crippen LogP contribution in [0.15, 0.2) is 36.0 Å². The molecule has 19 heavy (non-hydrogen) atoms. The lowest BCUT2D eigenvalue weighted by molar-refractivity contribution is -0.137. The van der Waals surface area contributed by atoms with Gasteiger partial charge < -0.3 is 10.4 Å². The Kier molecular flexibility index (Phi) is 3.97. The number of benzene rings is 1. The van der Waals surface area contributed by atoms with Gasteiger partial charge in [-0.1, -0.05) is 25.1 Å². The summed E-state index contributed by atoms with van der Waals surface area (Å²) in [5, 5.41) is 11.8. The number of aliphatic hydroxyl groups excluding tert-OH is 1. The maximum Gasteiger partial charge on any atom is 0.277 e. The Bertz CT molecular complexity index is 537. The van der Waals surface area contributed by atoms with Gasteiger partial charge in [-0.25, -0.2) is 0 Å². The number of β-amino-alcohol motifs (C(OH)–C–C–N with tert-alkyl or cyclic N) is 1. The molecule has 0 radical (unpaired) electrons. The highest BCUT2D eigenvalue weighted by Crippen LogP contribution is 2.20. The van der Waals surface area contributed by atoms with Crippen molar-refractivity contribution in [2.45, 2.75) is 13.3 Å². The van der Waals surface area contributed by atoms with Crippen LogP contribution >= 0.6 is 0 Å². The van der Waals surface area contributed by atoms with Gasteiger partial charge in [-0.05, 0) is 18.1 Å². The molecule has 1 aromatic carbocycles. The Labute approximate surface area is 111 Å². The van der Waals surface area contributed by atoms with Crippen LogP contribution in [0.25, 0.3) is 0 Å². The van der Waals surface area contributed by atoms with Gasteiger partial charge in [0.1, 0.15) is 5.70 Å².